The number of carbonyl (C=O) groups is 2. The summed E-state index contributed by atoms with van der Waals surface area (Å²) in [4.78, 5) is 30.0. The lowest BCUT2D eigenvalue weighted by Crippen LogP contribution is -2.12. The highest BCUT2D eigenvalue weighted by Gasteiger charge is 2.15. The molecule has 18 heavy (non-hydrogen) atoms. The van der Waals surface area contributed by atoms with E-state index in [1.807, 2.05) is 0 Å². The lowest BCUT2D eigenvalue weighted by atomic mass is 10.4. The van der Waals surface area contributed by atoms with E-state index in [9.17, 15) is 9.59 Å². The molecule has 2 N–H and O–H groups in total. The van der Waals surface area contributed by atoms with Crippen molar-refractivity contribution in [1.29, 1.82) is 0 Å². The minimum atomic E-state index is -1.24. The number of nitrogens with one attached hydrogen (secondary N) is 1. The van der Waals surface area contributed by atoms with E-state index >= 15 is 0 Å². The van der Waals surface area contributed by atoms with Crippen LogP contribution in [-0.2, 0) is 0 Å². The van der Waals surface area contributed by atoms with E-state index in [4.69, 9.17) is 9.52 Å². The van der Waals surface area contributed by atoms with Gasteiger partial charge in [0.15, 0.2) is 11.6 Å². The van der Waals surface area contributed by atoms with Crippen molar-refractivity contribution in [3.63, 3.8) is 0 Å². The van der Waals surface area contributed by atoms with Crippen LogP contribution in [0.15, 0.2) is 33.5 Å². The van der Waals surface area contributed by atoms with Gasteiger partial charge in [0.1, 0.15) is 4.60 Å². The van der Waals surface area contributed by atoms with Crippen LogP contribution in [-0.4, -0.2) is 27.0 Å². The van der Waals surface area contributed by atoms with Crippen molar-refractivity contribution in [2.24, 2.45) is 0 Å². The standard InChI is InChI=1S/C10H6BrN3O4/c11-7-3-13-8(4-12-7)14-9(15)5-1-2-6(18-5)10(16)17/h1-4H,(H,16,17)(H,13,14,15). The summed E-state index contributed by atoms with van der Waals surface area (Å²) in [5.74, 6) is -2.02. The molecule has 0 radical (unpaired) electrons. The van der Waals surface area contributed by atoms with Crippen molar-refractivity contribution in [2.45, 2.75) is 0 Å². The number of halogens is 1. The van der Waals surface area contributed by atoms with Gasteiger partial charge in [-0.1, -0.05) is 0 Å². The normalized spacial score (nSPS) is 10.1. The minimum Gasteiger partial charge on any atom is -0.475 e. The van der Waals surface area contributed by atoms with Crippen molar-refractivity contribution in [1.82, 2.24) is 9.97 Å². The van der Waals surface area contributed by atoms with Gasteiger partial charge in [-0.3, -0.25) is 4.79 Å². The first-order valence-electron chi connectivity index (χ1n) is 4.68. The molecule has 0 aliphatic heterocycles. The fraction of sp³-hybridized carbons (Fsp3) is 0. The first-order chi connectivity index (χ1) is 8.56. The summed E-state index contributed by atoms with van der Waals surface area (Å²) in [5, 5.41) is 11.1. The molecular formula is C10H6BrN3O4. The molecule has 0 fully saturated rings. The molecule has 92 valence electrons. The number of aromatic nitrogens is 2. The van der Waals surface area contributed by atoms with Crippen LogP contribution in [0.4, 0.5) is 5.82 Å². The Morgan fingerprint density at radius 2 is 1.94 bits per heavy atom. The first kappa shape index (κ1) is 12.2. The summed E-state index contributed by atoms with van der Waals surface area (Å²) in [6.07, 6.45) is 2.77. The number of anilines is 1. The van der Waals surface area contributed by atoms with Crippen molar-refractivity contribution in [2.75, 3.05) is 5.32 Å². The fourth-order valence-corrected chi connectivity index (χ4v) is 1.33. The Balaban J connectivity index is 2.11. The second-order valence-corrected chi connectivity index (χ2v) is 3.96. The number of nitrogens with zero attached hydrogens (tertiary/aromatic N) is 2. The Hall–Kier alpha value is -2.22. The number of furan rings is 1. The van der Waals surface area contributed by atoms with E-state index in [2.05, 4.69) is 31.2 Å². The maximum atomic E-state index is 11.7. The summed E-state index contributed by atoms with van der Waals surface area (Å²) >= 11 is 3.11. The number of carbonyl (C=O) groups excluding carboxylic acids is 1. The van der Waals surface area contributed by atoms with E-state index in [0.717, 1.165) is 0 Å². The summed E-state index contributed by atoms with van der Waals surface area (Å²) in [7, 11) is 0. The Bertz CT molecular complexity index is 593. The fourth-order valence-electron chi connectivity index (χ4n) is 1.13. The third kappa shape index (κ3) is 2.72. The lowest BCUT2D eigenvalue weighted by Gasteiger charge is -2.00. The molecule has 2 heterocycles. The molecule has 0 atom stereocenters. The first-order valence-corrected chi connectivity index (χ1v) is 5.47. The second-order valence-electron chi connectivity index (χ2n) is 3.15. The van der Waals surface area contributed by atoms with E-state index in [0.29, 0.717) is 4.60 Å². The third-order valence-electron chi connectivity index (χ3n) is 1.90. The molecule has 2 rings (SSSR count). The van der Waals surface area contributed by atoms with E-state index in [1.165, 1.54) is 24.5 Å². The van der Waals surface area contributed by atoms with Gasteiger partial charge in [0.25, 0.3) is 5.91 Å². The zero-order valence-electron chi connectivity index (χ0n) is 8.75. The van der Waals surface area contributed by atoms with E-state index < -0.39 is 11.9 Å². The number of aromatic carboxylic acids is 1. The summed E-state index contributed by atoms with van der Waals surface area (Å²) in [5.41, 5.74) is 0. The molecule has 0 spiro atoms. The maximum Gasteiger partial charge on any atom is 0.371 e. The highest BCUT2D eigenvalue weighted by Crippen LogP contribution is 2.11. The predicted molar refractivity (Wildman–Crippen MR) is 63.4 cm³/mol. The lowest BCUT2D eigenvalue weighted by molar-refractivity contribution is 0.0660. The molecule has 0 saturated carbocycles. The molecule has 2 aromatic rings. The Labute approximate surface area is 109 Å². The van der Waals surface area contributed by atoms with Gasteiger partial charge in [0.05, 0.1) is 12.4 Å². The van der Waals surface area contributed by atoms with Crippen LogP contribution in [0.5, 0.6) is 0 Å². The van der Waals surface area contributed by atoms with Gasteiger partial charge >= 0.3 is 5.97 Å². The van der Waals surface area contributed by atoms with E-state index in [1.54, 1.807) is 0 Å². The Kier molecular flexibility index (Phi) is 3.38. The molecule has 1 amide bonds. The zero-order chi connectivity index (χ0) is 13.1. The van der Waals surface area contributed by atoms with Crippen LogP contribution >= 0.6 is 15.9 Å². The summed E-state index contributed by atoms with van der Waals surface area (Å²) < 4.78 is 5.37. The van der Waals surface area contributed by atoms with Gasteiger partial charge in [-0.05, 0) is 28.1 Å². The maximum absolute atomic E-state index is 11.7. The molecule has 7 nitrogen and oxygen atoms in total. The van der Waals surface area contributed by atoms with Gasteiger partial charge < -0.3 is 14.8 Å². The van der Waals surface area contributed by atoms with Crippen molar-refractivity contribution >= 4 is 33.6 Å². The largest absolute Gasteiger partial charge is 0.475 e. The molecule has 0 unspecified atom stereocenters. The topological polar surface area (TPSA) is 105 Å². The average molecular weight is 312 g/mol. The number of amides is 1. The molecule has 0 saturated heterocycles. The highest BCUT2D eigenvalue weighted by atomic mass is 79.9. The Morgan fingerprint density at radius 3 is 2.50 bits per heavy atom. The van der Waals surface area contributed by atoms with Crippen LogP contribution in [0.2, 0.25) is 0 Å². The van der Waals surface area contributed by atoms with Gasteiger partial charge in [-0.25, -0.2) is 14.8 Å². The Morgan fingerprint density at radius 1 is 1.22 bits per heavy atom. The van der Waals surface area contributed by atoms with Gasteiger partial charge in [-0.15, -0.1) is 0 Å². The highest BCUT2D eigenvalue weighted by molar-refractivity contribution is 9.10. The second kappa shape index (κ2) is 4.96. The SMILES string of the molecule is O=C(O)c1ccc(C(=O)Nc2cnc(Br)cn2)o1. The summed E-state index contributed by atoms with van der Waals surface area (Å²) in [6.45, 7) is 0. The molecular weight excluding hydrogens is 306 g/mol. The molecule has 0 bridgehead atoms. The van der Waals surface area contributed by atoms with Crippen LogP contribution in [0, 0.1) is 0 Å². The van der Waals surface area contributed by atoms with Gasteiger partial charge in [0.2, 0.25) is 5.76 Å². The molecule has 0 aliphatic rings. The van der Waals surface area contributed by atoms with Crippen LogP contribution in [0.25, 0.3) is 0 Å². The van der Waals surface area contributed by atoms with Crippen molar-refractivity contribution < 1.29 is 19.1 Å². The van der Waals surface area contributed by atoms with E-state index in [-0.39, 0.29) is 17.3 Å². The van der Waals surface area contributed by atoms with Gasteiger partial charge in [-0.2, -0.15) is 0 Å². The quantitative estimate of drug-likeness (QED) is 0.895. The third-order valence-corrected chi connectivity index (χ3v) is 2.31. The van der Waals surface area contributed by atoms with Crippen molar-refractivity contribution in [3.8, 4) is 0 Å². The number of carboxylic acid groups (broad SMARTS) is 1. The summed E-state index contributed by atoms with van der Waals surface area (Å²) in [6, 6.07) is 2.47. The minimum absolute atomic E-state index is 0.114. The number of hydrogen-bond donors (Lipinski definition) is 2. The monoisotopic (exact) mass is 311 g/mol. The number of carboxylic acids is 1. The molecule has 0 aromatic carbocycles. The smallest absolute Gasteiger partial charge is 0.371 e. The van der Waals surface area contributed by atoms with Crippen LogP contribution in [0.1, 0.15) is 21.1 Å². The number of hydrogen-bond acceptors (Lipinski definition) is 5. The average Bonchev–Trinajstić information content (AvgIpc) is 2.81. The molecule has 0 aliphatic carbocycles. The number of rotatable bonds is 3. The van der Waals surface area contributed by atoms with Crippen LogP contribution < -0.4 is 5.32 Å². The molecule has 8 heteroatoms. The zero-order valence-corrected chi connectivity index (χ0v) is 10.3. The van der Waals surface area contributed by atoms with Crippen LogP contribution in [0.3, 0.4) is 0 Å². The predicted octanol–water partition coefficient (Wildman–Crippen LogP) is 1.78. The van der Waals surface area contributed by atoms with Gasteiger partial charge in [0, 0.05) is 0 Å². The van der Waals surface area contributed by atoms with Crippen molar-refractivity contribution in [3.05, 3.63) is 40.7 Å². The molecule has 2 aromatic heterocycles.